The van der Waals surface area contributed by atoms with Crippen molar-refractivity contribution in [2.24, 2.45) is 15.9 Å². The van der Waals surface area contributed by atoms with E-state index in [1.54, 1.807) is 13.3 Å². The van der Waals surface area contributed by atoms with Crippen molar-refractivity contribution in [3.63, 3.8) is 0 Å². The number of nitrogens with two attached hydrogens (primary N) is 1. The van der Waals surface area contributed by atoms with Gasteiger partial charge >= 0.3 is 0 Å². The molecule has 0 radical (unpaired) electrons. The summed E-state index contributed by atoms with van der Waals surface area (Å²) in [6, 6.07) is 15.9. The minimum atomic E-state index is 0.430. The Morgan fingerprint density at radius 2 is 1.93 bits per heavy atom. The molecule has 2 aromatic rings. The maximum absolute atomic E-state index is 5.92. The van der Waals surface area contributed by atoms with Gasteiger partial charge in [-0.25, -0.2) is 0 Å². The van der Waals surface area contributed by atoms with Gasteiger partial charge in [-0.2, -0.15) is 5.10 Å². The molecule has 1 aliphatic rings. The Labute approximate surface area is 176 Å². The van der Waals surface area contributed by atoms with Crippen molar-refractivity contribution in [3.8, 4) is 11.5 Å². The van der Waals surface area contributed by atoms with E-state index < -0.39 is 0 Å². The Morgan fingerprint density at radius 3 is 2.69 bits per heavy atom. The van der Waals surface area contributed by atoms with Gasteiger partial charge in [-0.1, -0.05) is 42.1 Å². The molecule has 2 aromatic carbocycles. The molecule has 1 fully saturated rings. The summed E-state index contributed by atoms with van der Waals surface area (Å²) < 4.78 is 11.4. The molecule has 6 nitrogen and oxygen atoms in total. The lowest BCUT2D eigenvalue weighted by molar-refractivity contribution is 0.230. The van der Waals surface area contributed by atoms with Gasteiger partial charge in [0, 0.05) is 12.3 Å². The first-order valence-electron chi connectivity index (χ1n) is 9.81. The van der Waals surface area contributed by atoms with Crippen LogP contribution in [0.2, 0.25) is 0 Å². The van der Waals surface area contributed by atoms with Crippen molar-refractivity contribution in [2.75, 3.05) is 33.4 Å². The molecule has 0 bridgehead atoms. The molecule has 7 heteroatoms. The van der Waals surface area contributed by atoms with Crippen molar-refractivity contribution in [1.29, 1.82) is 0 Å². The monoisotopic (exact) mass is 412 g/mol. The summed E-state index contributed by atoms with van der Waals surface area (Å²) in [6.07, 6.45) is 4.23. The van der Waals surface area contributed by atoms with E-state index in [1.165, 1.54) is 43.3 Å². The summed E-state index contributed by atoms with van der Waals surface area (Å²) in [6.45, 7) is 3.94. The number of methoxy groups -OCH3 is 1. The number of ether oxygens (including phenoxy) is 2. The van der Waals surface area contributed by atoms with Crippen molar-refractivity contribution in [3.05, 3.63) is 59.7 Å². The van der Waals surface area contributed by atoms with Crippen molar-refractivity contribution < 1.29 is 9.47 Å². The molecule has 1 aliphatic heterocycles. The lowest BCUT2D eigenvalue weighted by atomic mass is 10.2. The van der Waals surface area contributed by atoms with Gasteiger partial charge in [0.25, 0.3) is 0 Å². The van der Waals surface area contributed by atoms with Gasteiger partial charge in [0.2, 0.25) is 0 Å². The third kappa shape index (κ3) is 7.11. The Morgan fingerprint density at radius 1 is 1.14 bits per heavy atom. The Balaban J connectivity index is 1.50. The first kappa shape index (κ1) is 21.2. The number of benzene rings is 2. The predicted molar refractivity (Wildman–Crippen MR) is 121 cm³/mol. The van der Waals surface area contributed by atoms with E-state index in [9.17, 15) is 0 Å². The number of hydrogen-bond donors (Lipinski definition) is 1. The molecule has 0 aromatic heterocycles. The zero-order valence-corrected chi connectivity index (χ0v) is 17.6. The molecule has 2 N–H and O–H groups in total. The van der Waals surface area contributed by atoms with E-state index in [0.29, 0.717) is 17.5 Å². The fraction of sp³-hybridized carbons (Fsp3) is 0.364. The van der Waals surface area contributed by atoms with Gasteiger partial charge in [0.05, 0.1) is 13.3 Å². The van der Waals surface area contributed by atoms with Crippen molar-refractivity contribution >= 4 is 23.1 Å². The second kappa shape index (κ2) is 11.5. The second-order valence-electron chi connectivity index (χ2n) is 6.76. The van der Waals surface area contributed by atoms with Crippen LogP contribution in [0.1, 0.15) is 24.0 Å². The average molecular weight is 413 g/mol. The molecule has 0 amide bonds. The van der Waals surface area contributed by atoms with Gasteiger partial charge in [0.1, 0.15) is 6.61 Å². The Kier molecular flexibility index (Phi) is 8.40. The van der Waals surface area contributed by atoms with Crippen molar-refractivity contribution in [2.45, 2.75) is 18.6 Å². The first-order valence-corrected chi connectivity index (χ1v) is 10.8. The van der Waals surface area contributed by atoms with Gasteiger partial charge in [0.15, 0.2) is 16.7 Å². The predicted octanol–water partition coefficient (Wildman–Crippen LogP) is 3.75. The standard InChI is InChI=1S/C22H28N4O2S/c1-27-21-15-19(9-10-20(21)28-14-13-26-11-5-6-12-26)16-24-25-22(23)29-17-18-7-3-2-4-8-18/h2-4,7-10,15-16H,5-6,11-14,17H2,1H3,(H2,23,25). The molecule has 0 aliphatic carbocycles. The minimum absolute atomic E-state index is 0.430. The first-order chi connectivity index (χ1) is 14.2. The zero-order chi connectivity index (χ0) is 20.3. The average Bonchev–Trinajstić information content (AvgIpc) is 3.27. The number of amidine groups is 1. The van der Waals surface area contributed by atoms with Crippen molar-refractivity contribution in [1.82, 2.24) is 4.90 Å². The third-order valence-corrected chi connectivity index (χ3v) is 5.50. The third-order valence-electron chi connectivity index (χ3n) is 4.64. The fourth-order valence-electron chi connectivity index (χ4n) is 3.09. The fourth-order valence-corrected chi connectivity index (χ4v) is 3.70. The maximum atomic E-state index is 5.92. The summed E-state index contributed by atoms with van der Waals surface area (Å²) >= 11 is 1.46. The molecule has 3 rings (SSSR count). The molecule has 154 valence electrons. The number of rotatable bonds is 9. The maximum Gasteiger partial charge on any atom is 0.180 e. The summed E-state index contributed by atoms with van der Waals surface area (Å²) in [4.78, 5) is 2.42. The summed E-state index contributed by atoms with van der Waals surface area (Å²) in [5.41, 5.74) is 8.00. The van der Waals surface area contributed by atoms with Gasteiger partial charge < -0.3 is 15.2 Å². The van der Waals surface area contributed by atoms with Crippen LogP contribution in [0.3, 0.4) is 0 Å². The number of nitrogens with zero attached hydrogens (tertiary/aromatic N) is 3. The molecule has 0 atom stereocenters. The topological polar surface area (TPSA) is 72.4 Å². The molecular formula is C22H28N4O2S. The van der Waals surface area contributed by atoms with E-state index in [2.05, 4.69) is 27.2 Å². The van der Waals surface area contributed by atoms with Crippen LogP contribution in [0.25, 0.3) is 0 Å². The molecular weight excluding hydrogens is 384 g/mol. The lowest BCUT2D eigenvalue weighted by Gasteiger charge is -2.16. The van der Waals surface area contributed by atoms with Crippen LogP contribution in [-0.2, 0) is 5.75 Å². The number of hydrogen-bond acceptors (Lipinski definition) is 6. The van der Waals surface area contributed by atoms with Crippen LogP contribution >= 0.6 is 11.8 Å². The number of likely N-dealkylation sites (tertiary alicyclic amines) is 1. The van der Waals surface area contributed by atoms with Gasteiger partial charge in [-0.3, -0.25) is 4.90 Å². The van der Waals surface area contributed by atoms with E-state index in [1.807, 2.05) is 36.4 Å². The smallest absolute Gasteiger partial charge is 0.180 e. The van der Waals surface area contributed by atoms with Crippen LogP contribution in [0.5, 0.6) is 11.5 Å². The van der Waals surface area contributed by atoms with Crippen LogP contribution < -0.4 is 15.2 Å². The normalized spacial score (nSPS) is 15.1. The van der Waals surface area contributed by atoms with Crippen LogP contribution in [0.4, 0.5) is 0 Å². The lowest BCUT2D eigenvalue weighted by Crippen LogP contribution is -2.25. The molecule has 0 unspecified atom stereocenters. The van der Waals surface area contributed by atoms with E-state index in [-0.39, 0.29) is 0 Å². The molecule has 0 saturated carbocycles. The summed E-state index contributed by atoms with van der Waals surface area (Å²) in [5.74, 6) is 2.19. The van der Waals surface area contributed by atoms with Gasteiger partial charge in [-0.15, -0.1) is 5.10 Å². The second-order valence-corrected chi connectivity index (χ2v) is 7.76. The van der Waals surface area contributed by atoms with Crippen LogP contribution in [0.15, 0.2) is 58.7 Å². The Hall–Kier alpha value is -2.51. The summed E-state index contributed by atoms with van der Waals surface area (Å²) in [5, 5.41) is 8.57. The van der Waals surface area contributed by atoms with Gasteiger partial charge in [-0.05, 0) is 55.3 Å². The van der Waals surface area contributed by atoms with Crippen LogP contribution in [-0.4, -0.2) is 49.6 Å². The van der Waals surface area contributed by atoms with E-state index >= 15 is 0 Å². The largest absolute Gasteiger partial charge is 0.493 e. The van der Waals surface area contributed by atoms with Crippen LogP contribution in [0, 0.1) is 0 Å². The molecule has 0 spiro atoms. The molecule has 1 heterocycles. The number of thioether (sulfide) groups is 1. The SMILES string of the molecule is COc1cc(C=NN=C(N)SCc2ccccc2)ccc1OCCN1CCCC1. The highest BCUT2D eigenvalue weighted by molar-refractivity contribution is 8.13. The highest BCUT2D eigenvalue weighted by atomic mass is 32.2. The zero-order valence-electron chi connectivity index (χ0n) is 16.8. The minimum Gasteiger partial charge on any atom is -0.493 e. The highest BCUT2D eigenvalue weighted by Crippen LogP contribution is 2.27. The molecule has 1 saturated heterocycles. The van der Waals surface area contributed by atoms with E-state index in [4.69, 9.17) is 15.2 Å². The Bertz CT molecular complexity index is 821. The van der Waals surface area contributed by atoms with E-state index in [0.717, 1.165) is 23.6 Å². The highest BCUT2D eigenvalue weighted by Gasteiger charge is 2.12. The quantitative estimate of drug-likeness (QED) is 0.386. The molecule has 29 heavy (non-hydrogen) atoms. The summed E-state index contributed by atoms with van der Waals surface area (Å²) in [7, 11) is 1.64.